The van der Waals surface area contributed by atoms with Crippen LogP contribution >= 0.6 is 0 Å². The zero-order valence-electron chi connectivity index (χ0n) is 12.0. The van der Waals surface area contributed by atoms with Crippen LogP contribution in [0.15, 0.2) is 18.2 Å². The van der Waals surface area contributed by atoms with Crippen LogP contribution < -0.4 is 11.1 Å². The molecule has 0 heterocycles. The van der Waals surface area contributed by atoms with Crippen LogP contribution in [-0.4, -0.2) is 17.4 Å². The first-order chi connectivity index (χ1) is 10.1. The molecule has 1 amide bonds. The number of nitrogens with one attached hydrogen (secondary N) is 1. The van der Waals surface area contributed by atoms with E-state index >= 15 is 0 Å². The van der Waals surface area contributed by atoms with Gasteiger partial charge in [0.15, 0.2) is 0 Å². The number of anilines is 1. The van der Waals surface area contributed by atoms with Gasteiger partial charge in [-0.25, -0.2) is 0 Å². The number of benzene rings is 1. The number of hydrogen-bond donors (Lipinski definition) is 2. The van der Waals surface area contributed by atoms with Gasteiger partial charge < -0.3 is 11.1 Å². The molecule has 0 atom stereocenters. The smallest absolute Gasteiger partial charge is 0.292 e. The van der Waals surface area contributed by atoms with Crippen molar-refractivity contribution in [2.45, 2.75) is 38.5 Å². The van der Waals surface area contributed by atoms with Crippen molar-refractivity contribution in [3.63, 3.8) is 0 Å². The van der Waals surface area contributed by atoms with Crippen LogP contribution in [0.2, 0.25) is 0 Å². The third kappa shape index (κ3) is 4.18. The Morgan fingerprint density at radius 1 is 1.38 bits per heavy atom. The van der Waals surface area contributed by atoms with E-state index in [-0.39, 0.29) is 22.8 Å². The summed E-state index contributed by atoms with van der Waals surface area (Å²) < 4.78 is 0. The largest absolute Gasteiger partial charge is 0.393 e. The number of carbonyl (C=O) groups excluding carboxylic acids is 1. The Labute approximate surface area is 123 Å². The van der Waals surface area contributed by atoms with Gasteiger partial charge in [0.2, 0.25) is 0 Å². The number of nitro benzene ring substituents is 1. The summed E-state index contributed by atoms with van der Waals surface area (Å²) in [5, 5.41) is 13.6. The minimum atomic E-state index is -0.577. The third-order valence-electron chi connectivity index (χ3n) is 4.04. The highest BCUT2D eigenvalue weighted by Crippen LogP contribution is 2.28. The molecule has 6 heteroatoms. The molecule has 1 aromatic rings. The summed E-state index contributed by atoms with van der Waals surface area (Å²) in [5.74, 6) is 0.518. The molecule has 1 aliphatic carbocycles. The van der Waals surface area contributed by atoms with Crippen LogP contribution in [0, 0.1) is 16.0 Å². The van der Waals surface area contributed by atoms with E-state index in [9.17, 15) is 14.9 Å². The molecule has 0 bridgehead atoms. The van der Waals surface area contributed by atoms with Crippen molar-refractivity contribution in [3.8, 4) is 0 Å². The van der Waals surface area contributed by atoms with Gasteiger partial charge in [-0.2, -0.15) is 0 Å². The maximum absolute atomic E-state index is 12.0. The lowest BCUT2D eigenvalue weighted by molar-refractivity contribution is -0.383. The highest BCUT2D eigenvalue weighted by Gasteiger charge is 2.16. The van der Waals surface area contributed by atoms with E-state index in [1.165, 1.54) is 43.9 Å². The molecule has 0 spiro atoms. The molecule has 0 aliphatic heterocycles. The van der Waals surface area contributed by atoms with Gasteiger partial charge in [-0.3, -0.25) is 14.9 Å². The highest BCUT2D eigenvalue weighted by molar-refractivity contribution is 5.95. The monoisotopic (exact) mass is 291 g/mol. The Bertz CT molecular complexity index is 525. The topological polar surface area (TPSA) is 98.3 Å². The molecule has 0 saturated heterocycles. The molecule has 0 unspecified atom stereocenters. The lowest BCUT2D eigenvalue weighted by Gasteiger charge is -2.09. The quantitative estimate of drug-likeness (QED) is 0.364. The summed E-state index contributed by atoms with van der Waals surface area (Å²) in [7, 11) is 0. The first kappa shape index (κ1) is 15.3. The molecule has 2 rings (SSSR count). The van der Waals surface area contributed by atoms with Gasteiger partial charge in [-0.15, -0.1) is 0 Å². The number of nitro groups is 1. The first-order valence-electron chi connectivity index (χ1n) is 7.40. The number of nitrogen functional groups attached to an aromatic ring is 1. The maximum Gasteiger partial charge on any atom is 0.292 e. The highest BCUT2D eigenvalue weighted by atomic mass is 16.6. The zero-order valence-corrected chi connectivity index (χ0v) is 12.0. The summed E-state index contributed by atoms with van der Waals surface area (Å²) in [4.78, 5) is 22.2. The Kier molecular flexibility index (Phi) is 5.14. The molecule has 1 aliphatic rings. The fraction of sp³-hybridized carbons (Fsp3) is 0.533. The van der Waals surface area contributed by atoms with Crippen LogP contribution in [0.5, 0.6) is 0 Å². The summed E-state index contributed by atoms with van der Waals surface area (Å²) in [6, 6.07) is 4.13. The van der Waals surface area contributed by atoms with E-state index < -0.39 is 4.92 Å². The molecule has 0 radical (unpaired) electrons. The maximum atomic E-state index is 12.0. The van der Waals surface area contributed by atoms with Crippen molar-refractivity contribution >= 4 is 17.3 Å². The van der Waals surface area contributed by atoms with E-state index in [1.807, 2.05) is 0 Å². The zero-order chi connectivity index (χ0) is 15.2. The third-order valence-corrected chi connectivity index (χ3v) is 4.04. The van der Waals surface area contributed by atoms with Gasteiger partial charge in [0, 0.05) is 18.2 Å². The standard InChI is InChI=1S/C15H21N3O3/c16-13-8-7-12(10-14(13)18(20)21)15(19)17-9-3-6-11-4-1-2-5-11/h7-8,10-11H,1-6,9,16H2,(H,17,19). The number of amides is 1. The Hall–Kier alpha value is -2.11. The average molecular weight is 291 g/mol. The summed E-state index contributed by atoms with van der Waals surface area (Å²) >= 11 is 0. The van der Waals surface area contributed by atoms with Gasteiger partial charge in [-0.05, 0) is 30.9 Å². The molecule has 114 valence electrons. The number of hydrogen-bond acceptors (Lipinski definition) is 4. The van der Waals surface area contributed by atoms with E-state index in [1.54, 1.807) is 0 Å². The predicted molar refractivity (Wildman–Crippen MR) is 81.0 cm³/mol. The lowest BCUT2D eigenvalue weighted by Crippen LogP contribution is -2.24. The summed E-state index contributed by atoms with van der Waals surface area (Å²) in [5.41, 5.74) is 5.62. The summed E-state index contributed by atoms with van der Waals surface area (Å²) in [6.07, 6.45) is 7.35. The minimum Gasteiger partial charge on any atom is -0.393 e. The van der Waals surface area contributed by atoms with Crippen molar-refractivity contribution in [1.82, 2.24) is 5.32 Å². The molecule has 1 fully saturated rings. The molecule has 1 saturated carbocycles. The van der Waals surface area contributed by atoms with Crippen molar-refractivity contribution in [3.05, 3.63) is 33.9 Å². The lowest BCUT2D eigenvalue weighted by atomic mass is 10.0. The van der Waals surface area contributed by atoms with E-state index in [4.69, 9.17) is 5.73 Å². The van der Waals surface area contributed by atoms with Crippen LogP contribution in [0.4, 0.5) is 11.4 Å². The van der Waals surface area contributed by atoms with Crippen molar-refractivity contribution < 1.29 is 9.72 Å². The van der Waals surface area contributed by atoms with Crippen molar-refractivity contribution in [2.24, 2.45) is 5.92 Å². The number of nitrogens with two attached hydrogens (primary N) is 1. The molecular formula is C15H21N3O3. The van der Waals surface area contributed by atoms with Gasteiger partial charge in [0.25, 0.3) is 11.6 Å². The number of carbonyl (C=O) groups is 1. The molecular weight excluding hydrogens is 270 g/mol. The predicted octanol–water partition coefficient (Wildman–Crippen LogP) is 2.88. The molecule has 0 aromatic heterocycles. The first-order valence-corrected chi connectivity index (χ1v) is 7.40. The average Bonchev–Trinajstić information content (AvgIpc) is 2.96. The SMILES string of the molecule is Nc1ccc(C(=O)NCCCC2CCCC2)cc1[N+](=O)[O-]. The fourth-order valence-corrected chi connectivity index (χ4v) is 2.84. The number of rotatable bonds is 6. The fourth-order valence-electron chi connectivity index (χ4n) is 2.84. The van der Waals surface area contributed by atoms with Gasteiger partial charge >= 0.3 is 0 Å². The molecule has 1 aromatic carbocycles. The Balaban J connectivity index is 1.82. The summed E-state index contributed by atoms with van der Waals surface area (Å²) in [6.45, 7) is 0.605. The van der Waals surface area contributed by atoms with Gasteiger partial charge in [-0.1, -0.05) is 25.7 Å². The molecule has 6 nitrogen and oxygen atoms in total. The van der Waals surface area contributed by atoms with Crippen LogP contribution in [0.25, 0.3) is 0 Å². The van der Waals surface area contributed by atoms with Crippen molar-refractivity contribution in [1.29, 1.82) is 0 Å². The van der Waals surface area contributed by atoms with E-state index in [2.05, 4.69) is 5.32 Å². The van der Waals surface area contributed by atoms with Crippen LogP contribution in [-0.2, 0) is 0 Å². The van der Waals surface area contributed by atoms with E-state index in [0.29, 0.717) is 6.54 Å². The van der Waals surface area contributed by atoms with Crippen molar-refractivity contribution in [2.75, 3.05) is 12.3 Å². The van der Waals surface area contributed by atoms with E-state index in [0.717, 1.165) is 18.8 Å². The Morgan fingerprint density at radius 3 is 2.76 bits per heavy atom. The second-order valence-electron chi connectivity index (χ2n) is 5.58. The second kappa shape index (κ2) is 7.06. The van der Waals surface area contributed by atoms with Gasteiger partial charge in [0.1, 0.15) is 5.69 Å². The second-order valence-corrected chi connectivity index (χ2v) is 5.58. The molecule has 21 heavy (non-hydrogen) atoms. The van der Waals surface area contributed by atoms with Crippen LogP contribution in [0.1, 0.15) is 48.9 Å². The molecule has 3 N–H and O–H groups in total. The normalized spacial score (nSPS) is 15.0. The van der Waals surface area contributed by atoms with Crippen LogP contribution in [0.3, 0.4) is 0 Å². The number of nitrogens with zero attached hydrogens (tertiary/aromatic N) is 1. The van der Waals surface area contributed by atoms with Gasteiger partial charge in [0.05, 0.1) is 4.92 Å². The minimum absolute atomic E-state index is 0.0674. The Morgan fingerprint density at radius 2 is 2.10 bits per heavy atom.